The van der Waals surface area contributed by atoms with Crippen LogP contribution in [0.2, 0.25) is 0 Å². The van der Waals surface area contributed by atoms with Gasteiger partial charge in [0.05, 0.1) is 6.61 Å². The Bertz CT molecular complexity index is 207. The number of guanidine groups is 1. The zero-order valence-corrected chi connectivity index (χ0v) is 11.9. The Labute approximate surface area is 106 Å². The molecule has 17 heavy (non-hydrogen) atoms. The molecule has 0 spiro atoms. The lowest BCUT2D eigenvalue weighted by Gasteiger charge is -2.18. The van der Waals surface area contributed by atoms with Gasteiger partial charge in [-0.25, -0.2) is 0 Å². The van der Waals surface area contributed by atoms with Crippen LogP contribution < -0.4 is 10.6 Å². The summed E-state index contributed by atoms with van der Waals surface area (Å²) < 4.78 is 5.03. The minimum atomic E-state index is 0.623. The first kappa shape index (κ1) is 16.2. The number of aliphatic imine (C=N–C) groups is 1. The van der Waals surface area contributed by atoms with Crippen molar-refractivity contribution in [2.24, 2.45) is 10.9 Å². The molecule has 0 fully saturated rings. The average Bonchev–Trinajstić information content (AvgIpc) is 2.30. The summed E-state index contributed by atoms with van der Waals surface area (Å²) in [5.74, 6) is 1.50. The van der Waals surface area contributed by atoms with Crippen molar-refractivity contribution in [1.82, 2.24) is 15.5 Å². The van der Waals surface area contributed by atoms with Crippen LogP contribution in [-0.2, 0) is 4.74 Å². The monoisotopic (exact) mass is 244 g/mol. The molecule has 0 amide bonds. The van der Waals surface area contributed by atoms with Gasteiger partial charge in [-0.05, 0) is 13.0 Å². The number of likely N-dealkylation sites (N-methyl/N-ethyl adjacent to an activating group) is 1. The third kappa shape index (κ3) is 10.1. The summed E-state index contributed by atoms with van der Waals surface area (Å²) in [7, 11) is 5.61. The van der Waals surface area contributed by atoms with E-state index >= 15 is 0 Å². The highest BCUT2D eigenvalue weighted by Gasteiger charge is 2.00. The van der Waals surface area contributed by atoms with Crippen LogP contribution in [0.3, 0.4) is 0 Å². The lowest BCUT2D eigenvalue weighted by Crippen LogP contribution is -2.42. The van der Waals surface area contributed by atoms with E-state index in [-0.39, 0.29) is 0 Å². The molecule has 0 unspecified atom stereocenters. The van der Waals surface area contributed by atoms with Crippen LogP contribution in [-0.4, -0.2) is 64.9 Å². The number of methoxy groups -OCH3 is 1. The number of nitrogens with one attached hydrogen (secondary N) is 2. The molecule has 2 N–H and O–H groups in total. The molecule has 5 heteroatoms. The standard InChI is InChI=1S/C12H28N4O/c1-11(2)10-15-12(13-3)14-6-7-16(4)8-9-17-5/h11H,6-10H2,1-5H3,(H2,13,14,15). The largest absolute Gasteiger partial charge is 0.383 e. The lowest BCUT2D eigenvalue weighted by atomic mass is 10.2. The molecule has 0 aliphatic heterocycles. The Hall–Kier alpha value is -0.810. The fourth-order valence-corrected chi connectivity index (χ4v) is 1.25. The number of hydrogen-bond donors (Lipinski definition) is 2. The summed E-state index contributed by atoms with van der Waals surface area (Å²) in [5, 5.41) is 6.57. The van der Waals surface area contributed by atoms with Gasteiger partial charge in [0.2, 0.25) is 0 Å². The number of nitrogens with zero attached hydrogens (tertiary/aromatic N) is 2. The van der Waals surface area contributed by atoms with Crippen molar-refractivity contribution in [3.63, 3.8) is 0 Å². The molecule has 0 aromatic carbocycles. The Balaban J connectivity index is 3.62. The zero-order valence-electron chi connectivity index (χ0n) is 11.9. The molecule has 0 rings (SSSR count). The Morgan fingerprint density at radius 3 is 2.53 bits per heavy atom. The molecule has 5 nitrogen and oxygen atoms in total. The van der Waals surface area contributed by atoms with Crippen LogP contribution in [0.5, 0.6) is 0 Å². The Morgan fingerprint density at radius 2 is 2.00 bits per heavy atom. The quantitative estimate of drug-likeness (QED) is 0.479. The van der Waals surface area contributed by atoms with E-state index in [1.165, 1.54) is 0 Å². The predicted octanol–water partition coefficient (Wildman–Crippen LogP) is 0.386. The van der Waals surface area contributed by atoms with Crippen LogP contribution >= 0.6 is 0 Å². The van der Waals surface area contributed by atoms with Gasteiger partial charge in [0.25, 0.3) is 0 Å². The van der Waals surface area contributed by atoms with Gasteiger partial charge in [-0.15, -0.1) is 0 Å². The van der Waals surface area contributed by atoms with Gasteiger partial charge in [-0.2, -0.15) is 0 Å². The average molecular weight is 244 g/mol. The minimum absolute atomic E-state index is 0.623. The molecule has 0 aliphatic rings. The molecule has 0 saturated heterocycles. The highest BCUT2D eigenvalue weighted by atomic mass is 16.5. The van der Waals surface area contributed by atoms with Crippen molar-refractivity contribution in [1.29, 1.82) is 0 Å². The third-order valence-electron chi connectivity index (χ3n) is 2.36. The SMILES string of the molecule is CN=C(NCCN(C)CCOC)NCC(C)C. The minimum Gasteiger partial charge on any atom is -0.383 e. The molecule has 0 saturated carbocycles. The summed E-state index contributed by atoms with van der Waals surface area (Å²) in [6, 6.07) is 0. The summed E-state index contributed by atoms with van der Waals surface area (Å²) in [4.78, 5) is 6.40. The first-order valence-corrected chi connectivity index (χ1v) is 6.22. The van der Waals surface area contributed by atoms with Gasteiger partial charge < -0.3 is 20.3 Å². The van der Waals surface area contributed by atoms with E-state index in [9.17, 15) is 0 Å². The molecule has 0 radical (unpaired) electrons. The van der Waals surface area contributed by atoms with E-state index in [0.717, 1.165) is 38.7 Å². The number of hydrogen-bond acceptors (Lipinski definition) is 3. The maximum absolute atomic E-state index is 5.03. The lowest BCUT2D eigenvalue weighted by molar-refractivity contribution is 0.162. The second-order valence-corrected chi connectivity index (χ2v) is 4.57. The van der Waals surface area contributed by atoms with Crippen molar-refractivity contribution >= 4 is 5.96 Å². The van der Waals surface area contributed by atoms with Crippen LogP contribution in [0.25, 0.3) is 0 Å². The second-order valence-electron chi connectivity index (χ2n) is 4.57. The van der Waals surface area contributed by atoms with E-state index in [0.29, 0.717) is 5.92 Å². The molecule has 0 aliphatic carbocycles. The van der Waals surface area contributed by atoms with Gasteiger partial charge in [-0.3, -0.25) is 4.99 Å². The fraction of sp³-hybridized carbons (Fsp3) is 0.917. The molecule has 0 atom stereocenters. The van der Waals surface area contributed by atoms with Gasteiger partial charge in [-0.1, -0.05) is 13.8 Å². The van der Waals surface area contributed by atoms with Crippen molar-refractivity contribution in [3.8, 4) is 0 Å². The number of ether oxygens (including phenoxy) is 1. The predicted molar refractivity (Wildman–Crippen MR) is 73.6 cm³/mol. The summed E-state index contributed by atoms with van der Waals surface area (Å²) >= 11 is 0. The van der Waals surface area contributed by atoms with Gasteiger partial charge >= 0.3 is 0 Å². The molecule has 0 aromatic heterocycles. The molecule has 102 valence electrons. The summed E-state index contributed by atoms with van der Waals surface area (Å²) in [6.07, 6.45) is 0. The Morgan fingerprint density at radius 1 is 1.29 bits per heavy atom. The van der Waals surface area contributed by atoms with E-state index in [1.807, 2.05) is 0 Å². The first-order chi connectivity index (χ1) is 8.10. The van der Waals surface area contributed by atoms with E-state index in [4.69, 9.17) is 4.74 Å². The van der Waals surface area contributed by atoms with Crippen LogP contribution in [0, 0.1) is 5.92 Å². The molecule has 0 bridgehead atoms. The maximum atomic E-state index is 5.03. The van der Waals surface area contributed by atoms with E-state index in [1.54, 1.807) is 14.2 Å². The highest BCUT2D eigenvalue weighted by molar-refractivity contribution is 5.79. The fourth-order valence-electron chi connectivity index (χ4n) is 1.25. The van der Waals surface area contributed by atoms with E-state index in [2.05, 4.69) is 41.4 Å². The highest BCUT2D eigenvalue weighted by Crippen LogP contribution is 1.86. The molecule has 0 heterocycles. The topological polar surface area (TPSA) is 48.9 Å². The van der Waals surface area contributed by atoms with Gasteiger partial charge in [0, 0.05) is 40.3 Å². The van der Waals surface area contributed by atoms with Crippen LogP contribution in [0.1, 0.15) is 13.8 Å². The molecular weight excluding hydrogens is 216 g/mol. The van der Waals surface area contributed by atoms with E-state index < -0.39 is 0 Å². The normalized spacial score (nSPS) is 12.3. The van der Waals surface area contributed by atoms with Crippen molar-refractivity contribution in [2.75, 3.05) is 54.0 Å². The smallest absolute Gasteiger partial charge is 0.191 e. The first-order valence-electron chi connectivity index (χ1n) is 6.22. The third-order valence-corrected chi connectivity index (χ3v) is 2.36. The zero-order chi connectivity index (χ0) is 13.1. The van der Waals surface area contributed by atoms with Gasteiger partial charge in [0.1, 0.15) is 0 Å². The van der Waals surface area contributed by atoms with Crippen LogP contribution in [0.4, 0.5) is 0 Å². The van der Waals surface area contributed by atoms with Crippen molar-refractivity contribution < 1.29 is 4.74 Å². The summed E-state index contributed by atoms with van der Waals surface area (Å²) in [5.41, 5.74) is 0. The van der Waals surface area contributed by atoms with Crippen molar-refractivity contribution in [3.05, 3.63) is 0 Å². The summed E-state index contributed by atoms with van der Waals surface area (Å²) in [6.45, 7) is 8.90. The maximum Gasteiger partial charge on any atom is 0.191 e. The molecule has 0 aromatic rings. The number of rotatable bonds is 8. The van der Waals surface area contributed by atoms with Gasteiger partial charge in [0.15, 0.2) is 5.96 Å². The Kier molecular flexibility index (Phi) is 9.86. The molecular formula is C12H28N4O. The second kappa shape index (κ2) is 10.4. The van der Waals surface area contributed by atoms with Crippen molar-refractivity contribution in [2.45, 2.75) is 13.8 Å². The van der Waals surface area contributed by atoms with Crippen LogP contribution in [0.15, 0.2) is 4.99 Å².